The Balaban J connectivity index is 1.72. The van der Waals surface area contributed by atoms with Crippen molar-refractivity contribution in [3.8, 4) is 17.5 Å². The number of benzene rings is 3. The SMILES string of the molecule is COc1cccc(-n2c(SCC(=O)N(CCC#N)c3cc(C)cc(C)c3)nc3ccccc3c2=O)c1. The lowest BCUT2D eigenvalue weighted by Gasteiger charge is -2.23. The number of anilines is 1. The van der Waals surface area contributed by atoms with Gasteiger partial charge in [0.15, 0.2) is 5.16 Å². The van der Waals surface area contributed by atoms with Crippen LogP contribution in [0.25, 0.3) is 16.6 Å². The van der Waals surface area contributed by atoms with Crippen LogP contribution in [0.15, 0.2) is 76.7 Å². The van der Waals surface area contributed by atoms with Gasteiger partial charge in [-0.3, -0.25) is 14.2 Å². The van der Waals surface area contributed by atoms with Gasteiger partial charge in [0.2, 0.25) is 5.91 Å². The normalized spacial score (nSPS) is 10.7. The van der Waals surface area contributed by atoms with Crippen molar-refractivity contribution in [2.45, 2.75) is 25.4 Å². The quantitative estimate of drug-likeness (QED) is 0.250. The fraction of sp³-hybridized carbons (Fsp3) is 0.214. The number of aryl methyl sites for hydroxylation is 2. The number of carbonyl (C=O) groups is 1. The molecule has 0 aliphatic carbocycles. The standard InChI is InChI=1S/C28H26N4O3S/c1-19-14-20(2)16-22(15-19)31(13-7-12-29)26(33)18-36-28-30-25-11-5-4-10-24(25)27(34)32(28)21-8-6-9-23(17-21)35-3/h4-6,8-11,14-17H,7,13,18H2,1-3H3. The highest BCUT2D eigenvalue weighted by atomic mass is 32.2. The van der Waals surface area contributed by atoms with Gasteiger partial charge in [-0.25, -0.2) is 4.98 Å². The summed E-state index contributed by atoms with van der Waals surface area (Å²) in [5, 5.41) is 10.0. The largest absolute Gasteiger partial charge is 0.497 e. The maximum Gasteiger partial charge on any atom is 0.266 e. The summed E-state index contributed by atoms with van der Waals surface area (Å²) in [5.41, 5.74) is 3.77. The predicted molar refractivity (Wildman–Crippen MR) is 143 cm³/mol. The number of hydrogen-bond donors (Lipinski definition) is 0. The Morgan fingerprint density at radius 2 is 1.83 bits per heavy atom. The number of nitriles is 1. The van der Waals surface area contributed by atoms with Gasteiger partial charge >= 0.3 is 0 Å². The van der Waals surface area contributed by atoms with Gasteiger partial charge in [0, 0.05) is 18.3 Å². The van der Waals surface area contributed by atoms with Gasteiger partial charge in [-0.15, -0.1) is 0 Å². The van der Waals surface area contributed by atoms with Crippen LogP contribution in [-0.4, -0.2) is 34.9 Å². The average molecular weight is 499 g/mol. The molecule has 182 valence electrons. The number of nitrogens with zero attached hydrogens (tertiary/aromatic N) is 4. The highest BCUT2D eigenvalue weighted by Gasteiger charge is 2.20. The molecule has 0 saturated carbocycles. The van der Waals surface area contributed by atoms with Crippen molar-refractivity contribution >= 4 is 34.3 Å². The van der Waals surface area contributed by atoms with E-state index in [1.165, 1.54) is 16.3 Å². The minimum Gasteiger partial charge on any atom is -0.497 e. The molecule has 4 aromatic rings. The number of para-hydroxylation sites is 1. The lowest BCUT2D eigenvalue weighted by atomic mass is 10.1. The lowest BCUT2D eigenvalue weighted by Crippen LogP contribution is -2.33. The van der Waals surface area contributed by atoms with E-state index in [2.05, 4.69) is 6.07 Å². The van der Waals surface area contributed by atoms with Crippen LogP contribution in [-0.2, 0) is 4.79 Å². The summed E-state index contributed by atoms with van der Waals surface area (Å²) in [4.78, 5) is 33.3. The Hall–Kier alpha value is -4.09. The van der Waals surface area contributed by atoms with Gasteiger partial charge in [-0.05, 0) is 61.4 Å². The number of fused-ring (bicyclic) bond motifs is 1. The topological polar surface area (TPSA) is 88.2 Å². The fourth-order valence-electron chi connectivity index (χ4n) is 4.06. The molecule has 0 radical (unpaired) electrons. The zero-order valence-electron chi connectivity index (χ0n) is 20.4. The van der Waals surface area contributed by atoms with Crippen molar-refractivity contribution in [2.24, 2.45) is 0 Å². The van der Waals surface area contributed by atoms with Crippen LogP contribution in [0, 0.1) is 25.2 Å². The van der Waals surface area contributed by atoms with Crippen molar-refractivity contribution in [1.82, 2.24) is 9.55 Å². The second-order valence-corrected chi connectivity index (χ2v) is 9.28. The molecule has 0 bridgehead atoms. The van der Waals surface area contributed by atoms with E-state index in [0.29, 0.717) is 27.5 Å². The van der Waals surface area contributed by atoms with Gasteiger partial charge in [-0.2, -0.15) is 5.26 Å². The first-order chi connectivity index (χ1) is 17.4. The van der Waals surface area contributed by atoms with Crippen molar-refractivity contribution in [3.63, 3.8) is 0 Å². The molecule has 3 aromatic carbocycles. The summed E-state index contributed by atoms with van der Waals surface area (Å²) in [6, 6.07) is 22.4. The van der Waals surface area contributed by atoms with Crippen molar-refractivity contribution in [1.29, 1.82) is 5.26 Å². The Kier molecular flexibility index (Phi) is 7.71. The second-order valence-electron chi connectivity index (χ2n) is 8.34. The number of methoxy groups -OCH3 is 1. The third-order valence-electron chi connectivity index (χ3n) is 5.65. The second kappa shape index (κ2) is 11.1. The first-order valence-corrected chi connectivity index (χ1v) is 12.4. The summed E-state index contributed by atoms with van der Waals surface area (Å²) in [7, 11) is 1.57. The van der Waals surface area contributed by atoms with E-state index < -0.39 is 0 Å². The van der Waals surface area contributed by atoms with Crippen LogP contribution in [0.4, 0.5) is 5.69 Å². The molecule has 1 amide bonds. The molecule has 36 heavy (non-hydrogen) atoms. The molecule has 0 aliphatic heterocycles. The molecule has 8 heteroatoms. The van der Waals surface area contributed by atoms with E-state index in [1.54, 1.807) is 54.5 Å². The van der Waals surface area contributed by atoms with Crippen LogP contribution >= 0.6 is 11.8 Å². The van der Waals surface area contributed by atoms with Crippen LogP contribution in [0.2, 0.25) is 0 Å². The molecule has 0 saturated heterocycles. The molecule has 7 nitrogen and oxygen atoms in total. The summed E-state index contributed by atoms with van der Waals surface area (Å²) in [6.45, 7) is 4.24. The molecule has 0 N–H and O–H groups in total. The number of rotatable bonds is 8. The molecule has 1 aromatic heterocycles. The number of ether oxygens (including phenoxy) is 1. The zero-order valence-corrected chi connectivity index (χ0v) is 21.2. The third kappa shape index (κ3) is 5.42. The Bertz CT molecular complexity index is 1500. The van der Waals surface area contributed by atoms with E-state index in [4.69, 9.17) is 15.0 Å². The minimum atomic E-state index is -0.223. The summed E-state index contributed by atoms with van der Waals surface area (Å²) < 4.78 is 6.86. The summed E-state index contributed by atoms with van der Waals surface area (Å²) in [6.07, 6.45) is 0.214. The van der Waals surface area contributed by atoms with Crippen molar-refractivity contribution < 1.29 is 9.53 Å². The molecular weight excluding hydrogens is 472 g/mol. The van der Waals surface area contributed by atoms with Gasteiger partial charge in [0.1, 0.15) is 5.75 Å². The first kappa shape index (κ1) is 25.0. The Labute approximate surface area is 214 Å². The number of thioether (sulfide) groups is 1. The smallest absolute Gasteiger partial charge is 0.266 e. The first-order valence-electron chi connectivity index (χ1n) is 11.5. The molecule has 0 fully saturated rings. The van der Waals surface area contributed by atoms with Crippen LogP contribution in [0.1, 0.15) is 17.5 Å². The monoisotopic (exact) mass is 498 g/mol. The molecule has 0 spiro atoms. The molecule has 0 atom stereocenters. The van der Waals surface area contributed by atoms with E-state index in [-0.39, 0.29) is 30.2 Å². The molecule has 1 heterocycles. The number of carbonyl (C=O) groups excluding carboxylic acids is 1. The van der Waals surface area contributed by atoms with Crippen molar-refractivity contribution in [2.75, 3.05) is 24.3 Å². The van der Waals surface area contributed by atoms with E-state index in [1.807, 2.05) is 38.1 Å². The Morgan fingerprint density at radius 1 is 1.08 bits per heavy atom. The zero-order chi connectivity index (χ0) is 25.7. The van der Waals surface area contributed by atoms with E-state index in [9.17, 15) is 9.59 Å². The average Bonchev–Trinajstić information content (AvgIpc) is 2.87. The fourth-order valence-corrected chi connectivity index (χ4v) is 4.95. The van der Waals surface area contributed by atoms with Gasteiger partial charge < -0.3 is 9.64 Å². The molecular formula is C28H26N4O3S. The van der Waals surface area contributed by atoms with E-state index in [0.717, 1.165) is 16.8 Å². The maximum absolute atomic E-state index is 13.5. The number of amides is 1. The number of aromatic nitrogens is 2. The molecule has 4 rings (SSSR count). The van der Waals surface area contributed by atoms with Crippen molar-refractivity contribution in [3.05, 3.63) is 88.2 Å². The summed E-state index contributed by atoms with van der Waals surface area (Å²) in [5.74, 6) is 0.490. The molecule has 0 unspecified atom stereocenters. The summed E-state index contributed by atoms with van der Waals surface area (Å²) >= 11 is 1.19. The van der Waals surface area contributed by atoms with Crippen LogP contribution in [0.3, 0.4) is 0 Å². The van der Waals surface area contributed by atoms with Gasteiger partial charge in [-0.1, -0.05) is 36.0 Å². The predicted octanol–water partition coefficient (Wildman–Crippen LogP) is 5.05. The Morgan fingerprint density at radius 3 is 2.56 bits per heavy atom. The van der Waals surface area contributed by atoms with Crippen LogP contribution in [0.5, 0.6) is 5.75 Å². The van der Waals surface area contributed by atoms with Crippen LogP contribution < -0.4 is 15.2 Å². The third-order valence-corrected chi connectivity index (χ3v) is 6.57. The minimum absolute atomic E-state index is 0.0488. The molecule has 0 aliphatic rings. The van der Waals surface area contributed by atoms with E-state index >= 15 is 0 Å². The number of hydrogen-bond acceptors (Lipinski definition) is 6. The highest BCUT2D eigenvalue weighted by Crippen LogP contribution is 2.26. The maximum atomic E-state index is 13.5. The highest BCUT2D eigenvalue weighted by molar-refractivity contribution is 7.99. The van der Waals surface area contributed by atoms with Gasteiger partial charge in [0.25, 0.3) is 5.56 Å². The van der Waals surface area contributed by atoms with Gasteiger partial charge in [0.05, 0.1) is 41.9 Å². The lowest BCUT2D eigenvalue weighted by molar-refractivity contribution is -0.116.